The summed E-state index contributed by atoms with van der Waals surface area (Å²) < 4.78 is 2.18. The van der Waals surface area contributed by atoms with Gasteiger partial charge in [0, 0.05) is 43.2 Å². The first-order valence-electron chi connectivity index (χ1n) is 9.49. The van der Waals surface area contributed by atoms with E-state index < -0.39 is 0 Å². The quantitative estimate of drug-likeness (QED) is 0.655. The second-order valence-electron chi connectivity index (χ2n) is 7.06. The average molecular weight is 381 g/mol. The molecular weight excluding hydrogens is 356 g/mol. The highest BCUT2D eigenvalue weighted by Gasteiger charge is 2.27. The van der Waals surface area contributed by atoms with E-state index in [1.807, 2.05) is 41.0 Å². The molecule has 1 aliphatic heterocycles. The molecule has 0 saturated carbocycles. The fourth-order valence-corrected chi connectivity index (χ4v) is 4.32. The zero-order chi connectivity index (χ0) is 18.5. The second kappa shape index (κ2) is 8.48. The molecule has 1 aliphatic rings. The zero-order valence-electron chi connectivity index (χ0n) is 15.3. The first-order chi connectivity index (χ1) is 13.3. The highest BCUT2D eigenvalue weighted by Crippen LogP contribution is 2.27. The maximum atomic E-state index is 12.7. The number of nitrogens with zero attached hydrogens (tertiary/aromatic N) is 4. The summed E-state index contributed by atoms with van der Waals surface area (Å²) in [7, 11) is 0. The highest BCUT2D eigenvalue weighted by atomic mass is 32.1. The Kier molecular flexibility index (Phi) is 5.63. The van der Waals surface area contributed by atoms with Crippen molar-refractivity contribution in [2.24, 2.45) is 0 Å². The Hall–Kier alpha value is -2.47. The van der Waals surface area contributed by atoms with Gasteiger partial charge >= 0.3 is 0 Å². The Labute approximate surface area is 163 Å². The van der Waals surface area contributed by atoms with Gasteiger partial charge in [0.15, 0.2) is 0 Å². The number of hydrogen-bond donors (Lipinski definition) is 0. The van der Waals surface area contributed by atoms with Crippen molar-refractivity contribution in [2.45, 2.75) is 38.1 Å². The van der Waals surface area contributed by atoms with Crippen LogP contribution >= 0.6 is 11.3 Å². The van der Waals surface area contributed by atoms with Crippen molar-refractivity contribution in [1.82, 2.24) is 19.4 Å². The van der Waals surface area contributed by atoms with Crippen LogP contribution in [0.25, 0.3) is 0 Å². The molecule has 0 N–H and O–H groups in total. The first-order valence-corrected chi connectivity index (χ1v) is 10.4. The summed E-state index contributed by atoms with van der Waals surface area (Å²) in [6, 6.07) is 10.2. The molecule has 3 heterocycles. The summed E-state index contributed by atoms with van der Waals surface area (Å²) in [4.78, 5) is 23.7. The van der Waals surface area contributed by atoms with E-state index in [0.29, 0.717) is 12.3 Å². The van der Waals surface area contributed by atoms with E-state index in [-0.39, 0.29) is 5.91 Å². The maximum absolute atomic E-state index is 12.7. The molecule has 0 unspecified atom stereocenters. The highest BCUT2D eigenvalue weighted by molar-refractivity contribution is 7.07. The fraction of sp³-hybridized carbons (Fsp3) is 0.381. The van der Waals surface area contributed by atoms with E-state index >= 15 is 0 Å². The maximum Gasteiger partial charge on any atom is 0.222 e. The third kappa shape index (κ3) is 4.45. The van der Waals surface area contributed by atoms with Crippen LogP contribution in [0.2, 0.25) is 0 Å². The largest absolute Gasteiger partial charge is 0.342 e. The number of thiazole rings is 1. The van der Waals surface area contributed by atoms with Crippen LogP contribution in [0.15, 0.2) is 53.6 Å². The number of benzene rings is 1. The summed E-state index contributed by atoms with van der Waals surface area (Å²) in [5.74, 6) is 1.62. The molecule has 0 radical (unpaired) electrons. The number of hydrogen-bond acceptors (Lipinski definition) is 4. The minimum Gasteiger partial charge on any atom is -0.342 e. The summed E-state index contributed by atoms with van der Waals surface area (Å²) in [5, 5.41) is 2.07. The van der Waals surface area contributed by atoms with Crippen LogP contribution in [0.1, 0.15) is 42.3 Å². The van der Waals surface area contributed by atoms with Crippen LogP contribution in [0, 0.1) is 0 Å². The van der Waals surface area contributed by atoms with Gasteiger partial charge in [0.2, 0.25) is 5.91 Å². The lowest BCUT2D eigenvalue weighted by molar-refractivity contribution is -0.132. The van der Waals surface area contributed by atoms with Gasteiger partial charge in [-0.05, 0) is 24.8 Å². The molecule has 0 spiro atoms. The van der Waals surface area contributed by atoms with Gasteiger partial charge in [0.05, 0.1) is 17.7 Å². The SMILES string of the molecule is O=C(CCc1ccccc1)N1CCC[C@@H](c2nccn2Cc2cscn2)C1. The molecule has 27 heavy (non-hydrogen) atoms. The topological polar surface area (TPSA) is 51.0 Å². The van der Waals surface area contributed by atoms with E-state index in [0.717, 1.165) is 50.4 Å². The predicted octanol–water partition coefficient (Wildman–Crippen LogP) is 3.73. The Morgan fingerprint density at radius 3 is 2.93 bits per heavy atom. The summed E-state index contributed by atoms with van der Waals surface area (Å²) in [5.41, 5.74) is 4.14. The lowest BCUT2D eigenvalue weighted by Gasteiger charge is -2.32. The molecule has 0 aliphatic carbocycles. The van der Waals surface area contributed by atoms with E-state index in [1.165, 1.54) is 5.56 Å². The van der Waals surface area contributed by atoms with Gasteiger partial charge in [-0.2, -0.15) is 0 Å². The van der Waals surface area contributed by atoms with Crippen molar-refractivity contribution in [3.8, 4) is 0 Å². The number of likely N-dealkylation sites (tertiary alicyclic amines) is 1. The van der Waals surface area contributed by atoms with Gasteiger partial charge in [0.25, 0.3) is 0 Å². The molecule has 140 valence electrons. The van der Waals surface area contributed by atoms with Crippen molar-refractivity contribution in [3.05, 3.63) is 70.7 Å². The third-order valence-electron chi connectivity index (χ3n) is 5.17. The van der Waals surface area contributed by atoms with Crippen molar-refractivity contribution in [1.29, 1.82) is 0 Å². The van der Waals surface area contributed by atoms with Gasteiger partial charge in [-0.25, -0.2) is 9.97 Å². The van der Waals surface area contributed by atoms with Crippen LogP contribution in [0.5, 0.6) is 0 Å². The van der Waals surface area contributed by atoms with Crippen molar-refractivity contribution in [3.63, 3.8) is 0 Å². The number of piperidine rings is 1. The smallest absolute Gasteiger partial charge is 0.222 e. The van der Waals surface area contributed by atoms with Gasteiger partial charge in [0.1, 0.15) is 5.82 Å². The molecule has 1 saturated heterocycles. The van der Waals surface area contributed by atoms with Crippen LogP contribution < -0.4 is 0 Å². The predicted molar refractivity (Wildman–Crippen MR) is 107 cm³/mol. The second-order valence-corrected chi connectivity index (χ2v) is 7.78. The van der Waals surface area contributed by atoms with Crippen molar-refractivity contribution in [2.75, 3.05) is 13.1 Å². The Bertz CT molecular complexity index is 859. The third-order valence-corrected chi connectivity index (χ3v) is 5.81. The van der Waals surface area contributed by atoms with Crippen molar-refractivity contribution < 1.29 is 4.79 Å². The van der Waals surface area contributed by atoms with E-state index in [2.05, 4.69) is 32.0 Å². The molecule has 2 aromatic heterocycles. The molecule has 1 atom stereocenters. The molecule has 1 amide bonds. The molecule has 0 bridgehead atoms. The van der Waals surface area contributed by atoms with Crippen LogP contribution in [0.3, 0.4) is 0 Å². The number of amides is 1. The zero-order valence-corrected chi connectivity index (χ0v) is 16.1. The molecule has 5 nitrogen and oxygen atoms in total. The van der Waals surface area contributed by atoms with Gasteiger partial charge in [-0.15, -0.1) is 11.3 Å². The number of carbonyl (C=O) groups is 1. The lowest BCUT2D eigenvalue weighted by Crippen LogP contribution is -2.39. The summed E-state index contributed by atoms with van der Waals surface area (Å²) >= 11 is 1.61. The fourth-order valence-electron chi connectivity index (χ4n) is 3.77. The normalized spacial score (nSPS) is 17.2. The number of carbonyl (C=O) groups excluding carboxylic acids is 1. The van der Waals surface area contributed by atoms with Gasteiger partial charge in [-0.1, -0.05) is 30.3 Å². The monoisotopic (exact) mass is 380 g/mol. The van der Waals surface area contributed by atoms with E-state index in [1.54, 1.807) is 11.3 Å². The minimum absolute atomic E-state index is 0.251. The standard InChI is InChI=1S/C21H24N4OS/c26-20(9-8-17-5-2-1-3-6-17)24-11-4-7-18(13-24)21-22-10-12-25(21)14-19-15-27-16-23-19/h1-3,5-6,10,12,15-16,18H,4,7-9,11,13-14H2/t18-/m1/s1. The van der Waals surface area contributed by atoms with Crippen LogP contribution in [0.4, 0.5) is 0 Å². The van der Waals surface area contributed by atoms with E-state index in [4.69, 9.17) is 0 Å². The Balaban J connectivity index is 1.38. The van der Waals surface area contributed by atoms with Crippen molar-refractivity contribution >= 4 is 17.2 Å². The number of aromatic nitrogens is 3. The molecule has 4 rings (SSSR count). The summed E-state index contributed by atoms with van der Waals surface area (Å²) in [6.45, 7) is 2.37. The van der Waals surface area contributed by atoms with E-state index in [9.17, 15) is 4.79 Å². The van der Waals surface area contributed by atoms with Gasteiger partial charge < -0.3 is 9.47 Å². The van der Waals surface area contributed by atoms with Crippen LogP contribution in [-0.4, -0.2) is 38.4 Å². The number of rotatable bonds is 6. The number of aryl methyl sites for hydroxylation is 1. The molecule has 1 fully saturated rings. The van der Waals surface area contributed by atoms with Crippen LogP contribution in [-0.2, 0) is 17.8 Å². The van der Waals surface area contributed by atoms with Gasteiger partial charge in [-0.3, -0.25) is 4.79 Å². The number of imidazole rings is 1. The minimum atomic E-state index is 0.251. The first kappa shape index (κ1) is 17.9. The molecule has 6 heteroatoms. The average Bonchev–Trinajstić information content (AvgIpc) is 3.39. The molecule has 3 aromatic rings. The molecular formula is C21H24N4OS. The Morgan fingerprint density at radius 1 is 1.22 bits per heavy atom. The summed E-state index contributed by atoms with van der Waals surface area (Å²) in [6.07, 6.45) is 7.37. The Morgan fingerprint density at radius 2 is 2.11 bits per heavy atom. The lowest BCUT2D eigenvalue weighted by atomic mass is 9.96. The molecule has 1 aromatic carbocycles.